The largest absolute Gasteiger partial charge is 0.383 e. The van der Waals surface area contributed by atoms with Crippen LogP contribution in [-0.4, -0.2) is 27.3 Å². The highest BCUT2D eigenvalue weighted by Crippen LogP contribution is 1.94. The lowest BCUT2D eigenvalue weighted by Gasteiger charge is -2.07. The molecule has 13 heavy (non-hydrogen) atoms. The fourth-order valence-electron chi connectivity index (χ4n) is 0.598. The van der Waals surface area contributed by atoms with E-state index >= 15 is 0 Å². The van der Waals surface area contributed by atoms with Gasteiger partial charge in [0.25, 0.3) is 5.91 Å². The lowest BCUT2D eigenvalue weighted by molar-refractivity contribution is -0.127. The predicted octanol–water partition coefficient (Wildman–Crippen LogP) is -0.700. The normalized spacial score (nSPS) is 11.8. The summed E-state index contributed by atoms with van der Waals surface area (Å²) in [5.74, 6) is -0.109. The van der Waals surface area contributed by atoms with Crippen LogP contribution in [-0.2, 0) is 4.79 Å². The van der Waals surface area contributed by atoms with Crippen molar-refractivity contribution in [1.29, 1.82) is 0 Å². The van der Waals surface area contributed by atoms with Gasteiger partial charge >= 0.3 is 0 Å². The van der Waals surface area contributed by atoms with Crippen molar-refractivity contribution in [2.75, 3.05) is 5.43 Å². The van der Waals surface area contributed by atoms with Gasteiger partial charge in [0.05, 0.1) is 0 Å². The van der Waals surface area contributed by atoms with Gasteiger partial charge in [-0.2, -0.15) is 5.10 Å². The van der Waals surface area contributed by atoms with E-state index in [1.807, 2.05) is 0 Å². The molecule has 3 N–H and O–H groups in total. The zero-order chi connectivity index (χ0) is 9.68. The first-order valence-electron chi connectivity index (χ1n) is 3.72. The second kappa shape index (κ2) is 4.36. The van der Waals surface area contributed by atoms with Crippen LogP contribution in [0.15, 0.2) is 18.3 Å². The maximum Gasteiger partial charge on any atom is 0.266 e. The van der Waals surface area contributed by atoms with E-state index in [0.29, 0.717) is 5.82 Å². The molecule has 0 fully saturated rings. The molecule has 0 aliphatic rings. The molecule has 6 heteroatoms. The first kappa shape index (κ1) is 9.40. The van der Waals surface area contributed by atoms with Crippen molar-refractivity contribution < 1.29 is 9.90 Å². The number of carbonyl (C=O) groups excluding carboxylic acids is 1. The van der Waals surface area contributed by atoms with Crippen molar-refractivity contribution in [3.63, 3.8) is 0 Å². The molecule has 0 saturated heterocycles. The predicted molar refractivity (Wildman–Crippen MR) is 45.5 cm³/mol. The van der Waals surface area contributed by atoms with E-state index in [-0.39, 0.29) is 0 Å². The van der Waals surface area contributed by atoms with Gasteiger partial charge in [0.15, 0.2) is 5.82 Å². The smallest absolute Gasteiger partial charge is 0.266 e. The SMILES string of the molecule is CC(O)C(=O)NNc1cccnn1. The zero-order valence-electron chi connectivity index (χ0n) is 7.06. The molecule has 1 amide bonds. The fourth-order valence-corrected chi connectivity index (χ4v) is 0.598. The maximum atomic E-state index is 10.8. The van der Waals surface area contributed by atoms with Crippen molar-refractivity contribution in [2.45, 2.75) is 13.0 Å². The molecule has 0 spiro atoms. The van der Waals surface area contributed by atoms with Gasteiger partial charge in [-0.25, -0.2) is 0 Å². The third-order valence-corrected chi connectivity index (χ3v) is 1.27. The van der Waals surface area contributed by atoms with Crippen LogP contribution in [0.3, 0.4) is 0 Å². The van der Waals surface area contributed by atoms with Crippen LogP contribution in [0.2, 0.25) is 0 Å². The number of hydrogen-bond acceptors (Lipinski definition) is 5. The van der Waals surface area contributed by atoms with Gasteiger partial charge in [0.1, 0.15) is 6.10 Å². The van der Waals surface area contributed by atoms with E-state index in [9.17, 15) is 4.79 Å². The van der Waals surface area contributed by atoms with Gasteiger partial charge in [0, 0.05) is 6.20 Å². The Balaban J connectivity index is 2.40. The van der Waals surface area contributed by atoms with E-state index in [0.717, 1.165) is 0 Å². The van der Waals surface area contributed by atoms with Crippen LogP contribution in [0.4, 0.5) is 5.82 Å². The third kappa shape index (κ3) is 3.04. The maximum absolute atomic E-state index is 10.8. The fraction of sp³-hybridized carbons (Fsp3) is 0.286. The van der Waals surface area contributed by atoms with Gasteiger partial charge in [-0.15, -0.1) is 5.10 Å². The number of nitrogens with one attached hydrogen (secondary N) is 2. The van der Waals surface area contributed by atoms with Crippen LogP contribution < -0.4 is 10.9 Å². The zero-order valence-corrected chi connectivity index (χ0v) is 7.06. The summed E-state index contributed by atoms with van der Waals surface area (Å²) in [6.45, 7) is 1.37. The van der Waals surface area contributed by atoms with E-state index in [1.165, 1.54) is 13.1 Å². The molecule has 1 unspecified atom stereocenters. The van der Waals surface area contributed by atoms with Crippen LogP contribution in [0.5, 0.6) is 0 Å². The molecule has 0 aliphatic heterocycles. The Hall–Kier alpha value is -1.69. The first-order valence-corrected chi connectivity index (χ1v) is 3.72. The minimum atomic E-state index is -1.05. The summed E-state index contributed by atoms with van der Waals surface area (Å²) in [6, 6.07) is 3.30. The standard InChI is InChI=1S/C7H10N4O2/c1-5(12)7(13)11-10-6-3-2-4-8-9-6/h2-5,12H,1H3,(H,9,10)(H,11,13). The van der Waals surface area contributed by atoms with Crippen molar-refractivity contribution in [3.05, 3.63) is 18.3 Å². The number of carbonyl (C=O) groups is 1. The molecule has 0 aliphatic carbocycles. The highest BCUT2D eigenvalue weighted by molar-refractivity contribution is 5.80. The van der Waals surface area contributed by atoms with Crippen LogP contribution in [0.1, 0.15) is 6.92 Å². The summed E-state index contributed by atoms with van der Waals surface area (Å²) >= 11 is 0. The van der Waals surface area contributed by atoms with Crippen molar-refractivity contribution in [2.24, 2.45) is 0 Å². The number of hydrogen-bond donors (Lipinski definition) is 3. The molecule has 0 radical (unpaired) electrons. The Labute approximate surface area is 75.0 Å². The Kier molecular flexibility index (Phi) is 3.15. The highest BCUT2D eigenvalue weighted by Gasteiger charge is 2.06. The Bertz CT molecular complexity index is 275. The minimum Gasteiger partial charge on any atom is -0.383 e. The van der Waals surface area contributed by atoms with Gasteiger partial charge in [-0.3, -0.25) is 15.6 Å². The van der Waals surface area contributed by atoms with Gasteiger partial charge in [-0.1, -0.05) is 0 Å². The molecule has 1 rings (SSSR count). The van der Waals surface area contributed by atoms with Crippen molar-refractivity contribution in [1.82, 2.24) is 15.6 Å². The van der Waals surface area contributed by atoms with Crippen LogP contribution in [0.25, 0.3) is 0 Å². The molecule has 70 valence electrons. The van der Waals surface area contributed by atoms with Gasteiger partial charge < -0.3 is 5.11 Å². The summed E-state index contributed by atoms with van der Waals surface area (Å²) in [5, 5.41) is 16.0. The average Bonchev–Trinajstić information content (AvgIpc) is 2.15. The number of aliphatic hydroxyl groups is 1. The van der Waals surface area contributed by atoms with E-state index in [2.05, 4.69) is 21.0 Å². The number of anilines is 1. The summed E-state index contributed by atoms with van der Waals surface area (Å²) in [6.07, 6.45) is 0.464. The molecular weight excluding hydrogens is 172 g/mol. The summed E-state index contributed by atoms with van der Waals surface area (Å²) in [5.41, 5.74) is 4.75. The topological polar surface area (TPSA) is 87.1 Å². The highest BCUT2D eigenvalue weighted by atomic mass is 16.3. The van der Waals surface area contributed by atoms with Crippen LogP contribution in [0, 0.1) is 0 Å². The quantitative estimate of drug-likeness (QED) is 0.538. The number of amides is 1. The summed E-state index contributed by atoms with van der Waals surface area (Å²) < 4.78 is 0. The number of rotatable bonds is 3. The molecule has 1 atom stereocenters. The van der Waals surface area contributed by atoms with Gasteiger partial charge in [-0.05, 0) is 19.1 Å². The Morgan fingerprint density at radius 1 is 1.69 bits per heavy atom. The number of nitrogens with zero attached hydrogens (tertiary/aromatic N) is 2. The Morgan fingerprint density at radius 2 is 2.46 bits per heavy atom. The second-order valence-electron chi connectivity index (χ2n) is 2.40. The first-order chi connectivity index (χ1) is 6.20. The summed E-state index contributed by atoms with van der Waals surface area (Å²) in [4.78, 5) is 10.8. The lowest BCUT2D eigenvalue weighted by Crippen LogP contribution is -2.36. The molecule has 1 aromatic rings. The van der Waals surface area contributed by atoms with E-state index < -0.39 is 12.0 Å². The lowest BCUT2D eigenvalue weighted by atomic mass is 10.4. The molecular formula is C7H10N4O2. The Morgan fingerprint density at radius 3 is 3.00 bits per heavy atom. The monoisotopic (exact) mass is 182 g/mol. The third-order valence-electron chi connectivity index (χ3n) is 1.27. The minimum absolute atomic E-state index is 0.413. The molecule has 1 aromatic heterocycles. The molecule has 0 bridgehead atoms. The number of aromatic nitrogens is 2. The van der Waals surface area contributed by atoms with Crippen LogP contribution >= 0.6 is 0 Å². The average molecular weight is 182 g/mol. The molecule has 1 heterocycles. The molecule has 0 aromatic carbocycles. The van der Waals surface area contributed by atoms with E-state index in [1.54, 1.807) is 12.1 Å². The number of aliphatic hydroxyl groups excluding tert-OH is 1. The summed E-state index contributed by atoms with van der Waals surface area (Å²) in [7, 11) is 0. The van der Waals surface area contributed by atoms with Gasteiger partial charge in [0.2, 0.25) is 0 Å². The molecule has 6 nitrogen and oxygen atoms in total. The second-order valence-corrected chi connectivity index (χ2v) is 2.40. The molecule has 0 saturated carbocycles. The van der Waals surface area contributed by atoms with Crippen molar-refractivity contribution >= 4 is 11.7 Å². The van der Waals surface area contributed by atoms with Crippen molar-refractivity contribution in [3.8, 4) is 0 Å². The van der Waals surface area contributed by atoms with E-state index in [4.69, 9.17) is 5.11 Å². The number of hydrazine groups is 1.